The van der Waals surface area contributed by atoms with Crippen molar-refractivity contribution in [1.29, 1.82) is 0 Å². The Kier molecular flexibility index (Phi) is 6.83. The molecular formula is C23H44N2O3. The maximum Gasteiger partial charge on any atom is 0.0798 e. The van der Waals surface area contributed by atoms with Crippen LogP contribution in [-0.4, -0.2) is 82.7 Å². The molecule has 0 amide bonds. The molecular weight excluding hydrogens is 352 g/mol. The predicted octanol–water partition coefficient (Wildman–Crippen LogP) is 3.44. The summed E-state index contributed by atoms with van der Waals surface area (Å²) in [6.45, 7) is 18.1. The van der Waals surface area contributed by atoms with Crippen molar-refractivity contribution in [1.82, 2.24) is 9.80 Å². The second kappa shape index (κ2) is 8.50. The molecule has 2 aliphatic heterocycles. The van der Waals surface area contributed by atoms with Crippen LogP contribution in [0, 0.1) is 0 Å². The molecule has 2 heterocycles. The molecule has 2 saturated heterocycles. The normalized spacial score (nSPS) is 31.0. The molecule has 0 aromatic heterocycles. The highest BCUT2D eigenvalue weighted by atomic mass is 16.5. The van der Waals surface area contributed by atoms with E-state index in [1.54, 1.807) is 0 Å². The number of ether oxygens (including phenoxy) is 2. The van der Waals surface area contributed by atoms with Gasteiger partial charge in [0.1, 0.15) is 0 Å². The molecule has 164 valence electrons. The first kappa shape index (κ1) is 22.5. The van der Waals surface area contributed by atoms with Crippen LogP contribution in [0.15, 0.2) is 0 Å². The van der Waals surface area contributed by atoms with Gasteiger partial charge in [0.05, 0.1) is 29.5 Å². The maximum absolute atomic E-state index is 11.1. The van der Waals surface area contributed by atoms with Crippen molar-refractivity contribution < 1.29 is 14.6 Å². The molecule has 5 nitrogen and oxygen atoms in total. The van der Waals surface area contributed by atoms with Crippen LogP contribution >= 0.6 is 0 Å². The fourth-order valence-corrected chi connectivity index (χ4v) is 4.87. The van der Waals surface area contributed by atoms with E-state index in [0.717, 1.165) is 71.2 Å². The lowest BCUT2D eigenvalue weighted by Gasteiger charge is -2.46. The van der Waals surface area contributed by atoms with Gasteiger partial charge in [-0.05, 0) is 80.1 Å². The molecule has 0 radical (unpaired) electrons. The van der Waals surface area contributed by atoms with Gasteiger partial charge in [0.25, 0.3) is 0 Å². The first-order valence-corrected chi connectivity index (χ1v) is 11.4. The van der Waals surface area contributed by atoms with Gasteiger partial charge in [-0.15, -0.1) is 0 Å². The molecule has 3 rings (SSSR count). The second-order valence-electron chi connectivity index (χ2n) is 11.4. The van der Waals surface area contributed by atoms with E-state index in [0.29, 0.717) is 18.3 Å². The summed E-state index contributed by atoms with van der Waals surface area (Å²) in [5, 5.41) is 11.1. The molecule has 3 fully saturated rings. The summed E-state index contributed by atoms with van der Waals surface area (Å²) >= 11 is 0. The van der Waals surface area contributed by atoms with Crippen molar-refractivity contribution >= 4 is 0 Å². The van der Waals surface area contributed by atoms with E-state index in [9.17, 15) is 5.11 Å². The minimum atomic E-state index is -0.513. The molecule has 0 atom stereocenters. The van der Waals surface area contributed by atoms with E-state index in [1.807, 2.05) is 0 Å². The van der Waals surface area contributed by atoms with Crippen LogP contribution in [0.3, 0.4) is 0 Å². The molecule has 5 heteroatoms. The first-order chi connectivity index (χ1) is 12.9. The summed E-state index contributed by atoms with van der Waals surface area (Å²) in [6.07, 6.45) is 7.18. The lowest BCUT2D eigenvalue weighted by molar-refractivity contribution is -0.169. The Hall–Kier alpha value is -0.200. The summed E-state index contributed by atoms with van der Waals surface area (Å²) in [5.41, 5.74) is -0.360. The lowest BCUT2D eigenvalue weighted by Crippen LogP contribution is -2.56. The Morgan fingerprint density at radius 2 is 1.43 bits per heavy atom. The van der Waals surface area contributed by atoms with Crippen molar-refractivity contribution in [3.63, 3.8) is 0 Å². The lowest BCUT2D eigenvalue weighted by atomic mass is 9.87. The number of nitrogens with zero attached hydrogens (tertiary/aromatic N) is 2. The SMILES string of the molecule is CC(C)(C)O[C@H]1C[C@H](OC2CCN(CC3(O)CCN(C(C)(C)C)CC3)CC2)C1. The molecule has 1 saturated carbocycles. The van der Waals surface area contributed by atoms with Crippen LogP contribution in [0.25, 0.3) is 0 Å². The summed E-state index contributed by atoms with van der Waals surface area (Å²) in [4.78, 5) is 4.95. The number of likely N-dealkylation sites (tertiary alicyclic amines) is 2. The molecule has 0 aromatic carbocycles. The van der Waals surface area contributed by atoms with Gasteiger partial charge in [-0.1, -0.05) is 0 Å². The Morgan fingerprint density at radius 3 is 1.93 bits per heavy atom. The van der Waals surface area contributed by atoms with Gasteiger partial charge in [0.15, 0.2) is 0 Å². The van der Waals surface area contributed by atoms with Crippen molar-refractivity contribution in [2.45, 2.75) is 115 Å². The molecule has 1 aliphatic carbocycles. The topological polar surface area (TPSA) is 45.2 Å². The van der Waals surface area contributed by atoms with Crippen LogP contribution in [-0.2, 0) is 9.47 Å². The number of hydrogen-bond donors (Lipinski definition) is 1. The van der Waals surface area contributed by atoms with Crippen LogP contribution in [0.4, 0.5) is 0 Å². The first-order valence-electron chi connectivity index (χ1n) is 11.4. The van der Waals surface area contributed by atoms with Crippen LogP contribution in [0.5, 0.6) is 0 Å². The van der Waals surface area contributed by atoms with E-state index in [2.05, 4.69) is 51.3 Å². The fraction of sp³-hybridized carbons (Fsp3) is 1.00. The van der Waals surface area contributed by atoms with Gasteiger partial charge in [-0.3, -0.25) is 4.90 Å². The van der Waals surface area contributed by atoms with Crippen LogP contribution in [0.2, 0.25) is 0 Å². The molecule has 0 spiro atoms. The van der Waals surface area contributed by atoms with Gasteiger partial charge in [-0.25, -0.2) is 0 Å². The summed E-state index contributed by atoms with van der Waals surface area (Å²) in [5.74, 6) is 0. The van der Waals surface area contributed by atoms with E-state index in [-0.39, 0.29) is 11.1 Å². The van der Waals surface area contributed by atoms with Crippen molar-refractivity contribution in [2.24, 2.45) is 0 Å². The predicted molar refractivity (Wildman–Crippen MR) is 114 cm³/mol. The van der Waals surface area contributed by atoms with E-state index in [4.69, 9.17) is 9.47 Å². The summed E-state index contributed by atoms with van der Waals surface area (Å²) in [6, 6.07) is 0. The van der Waals surface area contributed by atoms with E-state index >= 15 is 0 Å². The second-order valence-corrected chi connectivity index (χ2v) is 11.4. The van der Waals surface area contributed by atoms with E-state index in [1.165, 1.54) is 0 Å². The number of rotatable bonds is 5. The van der Waals surface area contributed by atoms with Crippen molar-refractivity contribution in [3.05, 3.63) is 0 Å². The summed E-state index contributed by atoms with van der Waals surface area (Å²) in [7, 11) is 0. The average molecular weight is 397 g/mol. The number of piperidine rings is 2. The minimum absolute atomic E-state index is 0.0513. The van der Waals surface area contributed by atoms with Gasteiger partial charge >= 0.3 is 0 Å². The van der Waals surface area contributed by atoms with Crippen molar-refractivity contribution in [2.75, 3.05) is 32.7 Å². The van der Waals surface area contributed by atoms with Gasteiger partial charge < -0.3 is 19.5 Å². The molecule has 28 heavy (non-hydrogen) atoms. The Labute approximate surface area is 172 Å². The molecule has 0 bridgehead atoms. The average Bonchev–Trinajstić information content (AvgIpc) is 2.52. The highest BCUT2D eigenvalue weighted by Gasteiger charge is 2.39. The Morgan fingerprint density at radius 1 is 0.857 bits per heavy atom. The smallest absolute Gasteiger partial charge is 0.0798 e. The van der Waals surface area contributed by atoms with Crippen molar-refractivity contribution in [3.8, 4) is 0 Å². The monoisotopic (exact) mass is 396 g/mol. The third kappa shape index (κ3) is 6.40. The standard InChI is InChI=1S/C23H44N2O3/c1-21(2,3)25-13-9-23(26,10-14-25)17-24-11-7-18(8-12-24)27-19-15-20(16-19)28-22(4,5)6/h18-20,26H,7-17H2,1-6H3/t19-,20-. The highest BCUT2D eigenvalue weighted by molar-refractivity contribution is 4.93. The fourth-order valence-electron chi connectivity index (χ4n) is 4.87. The Balaban J connectivity index is 1.33. The third-order valence-electron chi connectivity index (χ3n) is 6.65. The molecule has 1 N–H and O–H groups in total. The highest BCUT2D eigenvalue weighted by Crippen LogP contribution is 2.33. The van der Waals surface area contributed by atoms with E-state index < -0.39 is 5.60 Å². The van der Waals surface area contributed by atoms with Gasteiger partial charge in [-0.2, -0.15) is 0 Å². The molecule has 3 aliphatic rings. The molecule has 0 aromatic rings. The number of hydrogen-bond acceptors (Lipinski definition) is 5. The largest absolute Gasteiger partial charge is 0.388 e. The number of β-amino-alcohol motifs (C(OH)–C–C–N with tert-alkyl or cyclic N) is 1. The van der Waals surface area contributed by atoms with Gasteiger partial charge in [0, 0.05) is 38.3 Å². The number of aliphatic hydroxyl groups is 1. The quantitative estimate of drug-likeness (QED) is 0.771. The zero-order valence-corrected chi connectivity index (χ0v) is 19.2. The zero-order valence-electron chi connectivity index (χ0n) is 19.2. The van der Waals surface area contributed by atoms with Gasteiger partial charge in [0.2, 0.25) is 0 Å². The van der Waals surface area contributed by atoms with Crippen LogP contribution < -0.4 is 0 Å². The van der Waals surface area contributed by atoms with Crippen LogP contribution in [0.1, 0.15) is 80.1 Å². The summed E-state index contributed by atoms with van der Waals surface area (Å²) < 4.78 is 12.3. The zero-order chi connectivity index (χ0) is 20.6. The molecule has 0 unspecified atom stereocenters. The Bertz CT molecular complexity index is 489. The minimum Gasteiger partial charge on any atom is -0.388 e. The third-order valence-corrected chi connectivity index (χ3v) is 6.65. The maximum atomic E-state index is 11.1.